The summed E-state index contributed by atoms with van der Waals surface area (Å²) in [6.45, 7) is 0.493. The molecule has 1 aliphatic carbocycles. The molecule has 0 saturated carbocycles. The fourth-order valence-corrected chi connectivity index (χ4v) is 2.72. The molecule has 2 aromatic rings. The first-order valence-corrected chi connectivity index (χ1v) is 6.12. The van der Waals surface area contributed by atoms with Gasteiger partial charge in [0.25, 0.3) is 0 Å². The van der Waals surface area contributed by atoms with Gasteiger partial charge in [0.1, 0.15) is 0 Å². The van der Waals surface area contributed by atoms with Gasteiger partial charge >= 0.3 is 0 Å². The van der Waals surface area contributed by atoms with Crippen LogP contribution in [0.5, 0.6) is 0 Å². The van der Waals surface area contributed by atoms with Gasteiger partial charge in [0.15, 0.2) is 0 Å². The van der Waals surface area contributed by atoms with Crippen LogP contribution in [0.2, 0.25) is 0 Å². The predicted octanol–water partition coefficient (Wildman–Crippen LogP) is 2.03. The molecule has 0 bridgehead atoms. The molecule has 0 radical (unpaired) electrons. The summed E-state index contributed by atoms with van der Waals surface area (Å²) in [5, 5.41) is 0. The molecule has 2 N–H and O–H groups in total. The van der Waals surface area contributed by atoms with Gasteiger partial charge in [-0.1, -0.05) is 12.1 Å². The largest absolute Gasteiger partial charge is 0.333 e. The van der Waals surface area contributed by atoms with E-state index >= 15 is 0 Å². The summed E-state index contributed by atoms with van der Waals surface area (Å²) in [5.74, 6) is 0. The van der Waals surface area contributed by atoms with Crippen molar-refractivity contribution in [3.05, 3.63) is 41.3 Å². The van der Waals surface area contributed by atoms with Crippen LogP contribution in [0.3, 0.4) is 0 Å². The molecule has 0 fully saturated rings. The third kappa shape index (κ3) is 1.67. The van der Waals surface area contributed by atoms with E-state index in [4.69, 9.17) is 5.73 Å². The maximum atomic E-state index is 5.74. The van der Waals surface area contributed by atoms with Crippen LogP contribution in [0.25, 0.3) is 11.3 Å². The molecule has 0 spiro atoms. The van der Waals surface area contributed by atoms with Gasteiger partial charge in [0, 0.05) is 19.2 Å². The molecule has 1 aromatic carbocycles. The highest BCUT2D eigenvalue weighted by Gasteiger charge is 2.14. The lowest BCUT2D eigenvalue weighted by molar-refractivity contribution is 0.911. The summed E-state index contributed by atoms with van der Waals surface area (Å²) in [5.41, 5.74) is 12.1. The van der Waals surface area contributed by atoms with E-state index in [9.17, 15) is 0 Å². The van der Waals surface area contributed by atoms with E-state index in [0.717, 1.165) is 11.4 Å². The van der Waals surface area contributed by atoms with E-state index in [0.29, 0.717) is 6.54 Å². The standard InChI is InChI=1S/C14H17N3/c1-17-9-16-13(8-15)14(17)12-6-5-10-3-2-4-11(10)7-12/h5-7,9H,2-4,8,15H2,1H3. The Bertz CT molecular complexity index is 555. The van der Waals surface area contributed by atoms with Crippen molar-refractivity contribution in [2.75, 3.05) is 0 Å². The van der Waals surface area contributed by atoms with E-state index in [1.807, 2.05) is 13.4 Å². The van der Waals surface area contributed by atoms with Gasteiger partial charge in [-0.05, 0) is 36.5 Å². The minimum atomic E-state index is 0.493. The summed E-state index contributed by atoms with van der Waals surface area (Å²) in [6.07, 6.45) is 5.56. The normalized spacial score (nSPS) is 14.0. The zero-order chi connectivity index (χ0) is 11.8. The molecule has 0 atom stereocenters. The molecule has 88 valence electrons. The molecule has 0 saturated heterocycles. The quantitative estimate of drug-likeness (QED) is 0.853. The van der Waals surface area contributed by atoms with Crippen molar-refractivity contribution in [2.24, 2.45) is 12.8 Å². The minimum Gasteiger partial charge on any atom is -0.333 e. The Hall–Kier alpha value is -1.61. The molecule has 0 amide bonds. The maximum absolute atomic E-state index is 5.74. The van der Waals surface area contributed by atoms with E-state index in [-0.39, 0.29) is 0 Å². The van der Waals surface area contributed by atoms with E-state index in [1.54, 1.807) is 0 Å². The third-order valence-corrected chi connectivity index (χ3v) is 3.58. The van der Waals surface area contributed by atoms with Crippen LogP contribution >= 0.6 is 0 Å². The first-order valence-electron chi connectivity index (χ1n) is 6.12. The fraction of sp³-hybridized carbons (Fsp3) is 0.357. The van der Waals surface area contributed by atoms with Crippen LogP contribution < -0.4 is 5.73 Å². The molecule has 17 heavy (non-hydrogen) atoms. The van der Waals surface area contributed by atoms with Crippen LogP contribution in [-0.4, -0.2) is 9.55 Å². The highest BCUT2D eigenvalue weighted by atomic mass is 15.0. The summed E-state index contributed by atoms with van der Waals surface area (Å²) in [7, 11) is 2.02. The lowest BCUT2D eigenvalue weighted by atomic mass is 10.0. The van der Waals surface area contributed by atoms with Crippen molar-refractivity contribution in [1.82, 2.24) is 9.55 Å². The highest BCUT2D eigenvalue weighted by molar-refractivity contribution is 5.64. The van der Waals surface area contributed by atoms with Crippen LogP contribution in [0.15, 0.2) is 24.5 Å². The predicted molar refractivity (Wildman–Crippen MR) is 68.6 cm³/mol. The molecule has 1 aromatic heterocycles. The van der Waals surface area contributed by atoms with Crippen molar-refractivity contribution >= 4 is 0 Å². The Morgan fingerprint density at radius 3 is 2.94 bits per heavy atom. The Morgan fingerprint density at radius 2 is 2.12 bits per heavy atom. The van der Waals surface area contributed by atoms with Gasteiger partial charge in [-0.15, -0.1) is 0 Å². The van der Waals surface area contributed by atoms with Crippen molar-refractivity contribution < 1.29 is 0 Å². The molecule has 1 aliphatic rings. The molecule has 3 nitrogen and oxygen atoms in total. The first kappa shape index (κ1) is 10.5. The summed E-state index contributed by atoms with van der Waals surface area (Å²) in [4.78, 5) is 4.34. The number of benzene rings is 1. The average molecular weight is 227 g/mol. The first-order chi connectivity index (χ1) is 8.29. The molecular formula is C14H17N3. The Balaban J connectivity index is 2.12. The van der Waals surface area contributed by atoms with Gasteiger partial charge in [-0.2, -0.15) is 0 Å². The Kier molecular flexibility index (Phi) is 2.48. The monoisotopic (exact) mass is 227 g/mol. The number of fused-ring (bicyclic) bond motifs is 1. The smallest absolute Gasteiger partial charge is 0.0952 e. The average Bonchev–Trinajstić information content (AvgIpc) is 2.93. The van der Waals surface area contributed by atoms with E-state index in [2.05, 4.69) is 27.8 Å². The number of aromatic nitrogens is 2. The third-order valence-electron chi connectivity index (χ3n) is 3.58. The lowest BCUT2D eigenvalue weighted by Gasteiger charge is -2.08. The lowest BCUT2D eigenvalue weighted by Crippen LogP contribution is -2.01. The van der Waals surface area contributed by atoms with Gasteiger partial charge in [-0.25, -0.2) is 4.98 Å². The zero-order valence-corrected chi connectivity index (χ0v) is 10.1. The second-order valence-corrected chi connectivity index (χ2v) is 4.69. The van der Waals surface area contributed by atoms with Gasteiger partial charge in [0.05, 0.1) is 17.7 Å². The topological polar surface area (TPSA) is 43.8 Å². The number of nitrogens with two attached hydrogens (primary N) is 1. The Labute approximate surface area is 101 Å². The number of hydrogen-bond donors (Lipinski definition) is 1. The van der Waals surface area contributed by atoms with Gasteiger partial charge in [0.2, 0.25) is 0 Å². The van der Waals surface area contributed by atoms with Crippen molar-refractivity contribution in [3.63, 3.8) is 0 Å². The van der Waals surface area contributed by atoms with Gasteiger partial charge in [-0.3, -0.25) is 0 Å². The second-order valence-electron chi connectivity index (χ2n) is 4.69. The maximum Gasteiger partial charge on any atom is 0.0952 e. The zero-order valence-electron chi connectivity index (χ0n) is 10.1. The summed E-state index contributed by atoms with van der Waals surface area (Å²) in [6, 6.07) is 6.75. The van der Waals surface area contributed by atoms with E-state index < -0.39 is 0 Å². The highest BCUT2D eigenvalue weighted by Crippen LogP contribution is 2.29. The number of aryl methyl sites for hydroxylation is 3. The minimum absolute atomic E-state index is 0.493. The summed E-state index contributed by atoms with van der Waals surface area (Å²) >= 11 is 0. The van der Waals surface area contributed by atoms with Gasteiger partial charge < -0.3 is 10.3 Å². The molecule has 1 heterocycles. The Morgan fingerprint density at radius 1 is 1.29 bits per heavy atom. The van der Waals surface area contributed by atoms with Crippen LogP contribution in [0, 0.1) is 0 Å². The molecule has 0 unspecified atom stereocenters. The fourth-order valence-electron chi connectivity index (χ4n) is 2.72. The summed E-state index contributed by atoms with van der Waals surface area (Å²) < 4.78 is 2.05. The van der Waals surface area contributed by atoms with Crippen molar-refractivity contribution in [2.45, 2.75) is 25.8 Å². The number of nitrogens with zero attached hydrogens (tertiary/aromatic N) is 2. The van der Waals surface area contributed by atoms with Crippen molar-refractivity contribution in [1.29, 1.82) is 0 Å². The van der Waals surface area contributed by atoms with Crippen molar-refractivity contribution in [3.8, 4) is 11.3 Å². The number of imidazole rings is 1. The molecule has 3 rings (SSSR count). The van der Waals surface area contributed by atoms with Crippen LogP contribution in [0.4, 0.5) is 0 Å². The van der Waals surface area contributed by atoms with E-state index in [1.165, 1.54) is 36.0 Å². The SMILES string of the molecule is Cn1cnc(CN)c1-c1ccc2c(c1)CCC2. The molecular weight excluding hydrogens is 210 g/mol. The number of rotatable bonds is 2. The van der Waals surface area contributed by atoms with Crippen LogP contribution in [-0.2, 0) is 26.4 Å². The molecule has 3 heteroatoms. The number of hydrogen-bond acceptors (Lipinski definition) is 2. The molecule has 0 aliphatic heterocycles. The van der Waals surface area contributed by atoms with Crippen LogP contribution in [0.1, 0.15) is 23.2 Å². The second kappa shape index (κ2) is 4.00.